The second-order valence-electron chi connectivity index (χ2n) is 4.00. The van der Waals surface area contributed by atoms with Gasteiger partial charge >= 0.3 is 12.1 Å². The van der Waals surface area contributed by atoms with Gasteiger partial charge in [0.15, 0.2) is 5.69 Å². The molecule has 2 rings (SSSR count). The van der Waals surface area contributed by atoms with E-state index in [0.717, 1.165) is 12.1 Å². The molecule has 1 N–H and O–H groups in total. The molecule has 0 saturated heterocycles. The minimum absolute atomic E-state index is 0.0376. The van der Waals surface area contributed by atoms with Crippen LogP contribution in [0.15, 0.2) is 18.2 Å². The summed E-state index contributed by atoms with van der Waals surface area (Å²) in [4.78, 5) is 13.3. The summed E-state index contributed by atoms with van der Waals surface area (Å²) >= 11 is 6.20. The fraction of sp³-hybridized carbons (Fsp3) is 0.167. The van der Waals surface area contributed by atoms with Gasteiger partial charge in [-0.3, -0.25) is 0 Å². The number of aromatic carboxylic acids is 1. The molecule has 0 atom stereocenters. The van der Waals surface area contributed by atoms with Crippen LogP contribution in [0.4, 0.5) is 17.6 Å². The third-order valence-corrected chi connectivity index (χ3v) is 3.89. The number of halogens is 5. The Kier molecular flexibility index (Phi) is 4.20. The molecule has 0 bridgehead atoms. The van der Waals surface area contributed by atoms with Gasteiger partial charge in [-0.2, -0.15) is 13.2 Å². The second-order valence-corrected chi connectivity index (χ2v) is 5.49. The van der Waals surface area contributed by atoms with Crippen molar-refractivity contribution < 1.29 is 27.5 Å². The van der Waals surface area contributed by atoms with Gasteiger partial charge in [0, 0.05) is 11.4 Å². The van der Waals surface area contributed by atoms with Crippen molar-refractivity contribution in [1.29, 1.82) is 0 Å². The Bertz CT molecular complexity index is 699. The number of carboxylic acids is 1. The normalized spacial score (nSPS) is 11.7. The Hall–Kier alpha value is -1.67. The molecule has 0 spiro atoms. The van der Waals surface area contributed by atoms with Crippen LogP contribution in [0.1, 0.15) is 25.9 Å². The van der Waals surface area contributed by atoms with E-state index in [2.05, 4.69) is 4.98 Å². The van der Waals surface area contributed by atoms with Gasteiger partial charge in [-0.25, -0.2) is 14.2 Å². The second kappa shape index (κ2) is 5.61. The molecule has 0 aliphatic rings. The number of thiazole rings is 1. The summed E-state index contributed by atoms with van der Waals surface area (Å²) < 4.78 is 51.0. The first kappa shape index (κ1) is 15.7. The Morgan fingerprint density at radius 3 is 2.52 bits per heavy atom. The highest BCUT2D eigenvalue weighted by Crippen LogP contribution is 2.35. The van der Waals surface area contributed by atoms with Gasteiger partial charge in [0.25, 0.3) is 0 Å². The maximum absolute atomic E-state index is 12.9. The maximum atomic E-state index is 12.9. The van der Waals surface area contributed by atoms with Crippen LogP contribution in [0.25, 0.3) is 0 Å². The summed E-state index contributed by atoms with van der Waals surface area (Å²) in [6.07, 6.45) is -4.96. The van der Waals surface area contributed by atoms with E-state index in [-0.39, 0.29) is 16.5 Å². The third kappa shape index (κ3) is 3.51. The molecule has 0 radical (unpaired) electrons. The predicted molar refractivity (Wildman–Crippen MR) is 68.3 cm³/mol. The average molecular weight is 340 g/mol. The smallest absolute Gasteiger partial charge is 0.435 e. The number of hydrogen-bond acceptors (Lipinski definition) is 3. The lowest BCUT2D eigenvalue weighted by Crippen LogP contribution is -2.11. The van der Waals surface area contributed by atoms with Crippen LogP contribution < -0.4 is 0 Å². The number of rotatable bonds is 3. The molecule has 0 amide bonds. The van der Waals surface area contributed by atoms with Crippen LogP contribution in [0, 0.1) is 5.82 Å². The van der Waals surface area contributed by atoms with Gasteiger partial charge in [0.1, 0.15) is 10.7 Å². The fourth-order valence-corrected chi connectivity index (χ4v) is 2.78. The van der Waals surface area contributed by atoms with Crippen molar-refractivity contribution in [1.82, 2.24) is 4.98 Å². The van der Waals surface area contributed by atoms with E-state index in [1.54, 1.807) is 0 Å². The molecule has 0 fully saturated rings. The van der Waals surface area contributed by atoms with Gasteiger partial charge in [-0.15, -0.1) is 11.3 Å². The van der Waals surface area contributed by atoms with Crippen molar-refractivity contribution in [2.75, 3.05) is 0 Å². The number of carbonyl (C=O) groups is 1. The first-order valence-corrected chi connectivity index (χ1v) is 6.62. The molecule has 3 nitrogen and oxygen atoms in total. The van der Waals surface area contributed by atoms with Gasteiger partial charge in [-0.05, 0) is 17.7 Å². The van der Waals surface area contributed by atoms with Gasteiger partial charge < -0.3 is 5.11 Å². The molecule has 1 heterocycles. The Labute approximate surface area is 124 Å². The summed E-state index contributed by atoms with van der Waals surface area (Å²) in [5, 5.41) is 8.77. The lowest BCUT2D eigenvalue weighted by atomic mass is 10.1. The topological polar surface area (TPSA) is 50.2 Å². The summed E-state index contributed by atoms with van der Waals surface area (Å²) in [6.45, 7) is 0. The van der Waals surface area contributed by atoms with Crippen molar-refractivity contribution in [2.24, 2.45) is 0 Å². The molecule has 112 valence electrons. The zero-order chi connectivity index (χ0) is 15.8. The van der Waals surface area contributed by atoms with Gasteiger partial charge in [-0.1, -0.05) is 17.7 Å². The summed E-state index contributed by atoms with van der Waals surface area (Å²) in [6, 6.07) is 3.44. The van der Waals surface area contributed by atoms with Crippen molar-refractivity contribution >= 4 is 28.9 Å². The molecule has 1 aromatic carbocycles. The molecule has 0 aliphatic heterocycles. The van der Waals surface area contributed by atoms with E-state index in [1.165, 1.54) is 6.07 Å². The highest BCUT2D eigenvalue weighted by molar-refractivity contribution is 7.13. The number of benzene rings is 1. The number of aromatic nitrogens is 1. The molecule has 0 saturated carbocycles. The zero-order valence-corrected chi connectivity index (χ0v) is 11.6. The Balaban J connectivity index is 2.39. The van der Waals surface area contributed by atoms with Crippen molar-refractivity contribution in [3.05, 3.63) is 50.2 Å². The van der Waals surface area contributed by atoms with E-state index in [4.69, 9.17) is 16.7 Å². The Morgan fingerprint density at radius 2 is 2.05 bits per heavy atom. The van der Waals surface area contributed by atoms with Crippen molar-refractivity contribution in [2.45, 2.75) is 12.6 Å². The highest BCUT2D eigenvalue weighted by Gasteiger charge is 2.39. The molecular formula is C12H6ClF4NO2S. The van der Waals surface area contributed by atoms with Gasteiger partial charge in [0.05, 0.1) is 5.01 Å². The van der Waals surface area contributed by atoms with E-state index in [9.17, 15) is 22.4 Å². The van der Waals surface area contributed by atoms with Crippen molar-refractivity contribution in [3.8, 4) is 0 Å². The zero-order valence-electron chi connectivity index (χ0n) is 10.0. The van der Waals surface area contributed by atoms with E-state index in [1.807, 2.05) is 0 Å². The van der Waals surface area contributed by atoms with E-state index < -0.39 is 28.5 Å². The molecule has 1 aromatic heterocycles. The number of carboxylic acid groups (broad SMARTS) is 1. The summed E-state index contributed by atoms with van der Waals surface area (Å²) in [5.41, 5.74) is -1.08. The first-order valence-electron chi connectivity index (χ1n) is 5.42. The standard InChI is InChI=1S/C12H6ClF4NO2S/c13-7-4-6(14)2-1-5(7)3-8-18-10(12(15,16)17)9(21-8)11(19)20/h1-2,4H,3H2,(H,19,20). The third-order valence-electron chi connectivity index (χ3n) is 2.49. The van der Waals surface area contributed by atoms with Crippen LogP contribution in [-0.2, 0) is 12.6 Å². The minimum atomic E-state index is -4.85. The largest absolute Gasteiger partial charge is 0.477 e. The fourth-order valence-electron chi connectivity index (χ4n) is 1.61. The van der Waals surface area contributed by atoms with Crippen LogP contribution in [-0.4, -0.2) is 16.1 Å². The van der Waals surface area contributed by atoms with Crippen LogP contribution in [0.2, 0.25) is 5.02 Å². The van der Waals surface area contributed by atoms with Crippen molar-refractivity contribution in [3.63, 3.8) is 0 Å². The maximum Gasteiger partial charge on any atom is 0.435 e. The molecule has 21 heavy (non-hydrogen) atoms. The lowest BCUT2D eigenvalue weighted by Gasteiger charge is -2.03. The number of alkyl halides is 3. The first-order chi connectivity index (χ1) is 9.68. The summed E-state index contributed by atoms with van der Waals surface area (Å²) in [5.74, 6) is -2.28. The average Bonchev–Trinajstić information content (AvgIpc) is 2.77. The monoisotopic (exact) mass is 339 g/mol. The minimum Gasteiger partial charge on any atom is -0.477 e. The van der Waals surface area contributed by atoms with Crippen LogP contribution in [0.5, 0.6) is 0 Å². The lowest BCUT2D eigenvalue weighted by molar-refractivity contribution is -0.141. The Morgan fingerprint density at radius 1 is 1.38 bits per heavy atom. The molecule has 0 unspecified atom stereocenters. The quantitative estimate of drug-likeness (QED) is 0.851. The molecular weight excluding hydrogens is 334 g/mol. The van der Waals surface area contributed by atoms with E-state index in [0.29, 0.717) is 16.9 Å². The van der Waals surface area contributed by atoms with E-state index >= 15 is 0 Å². The predicted octanol–water partition coefficient (Wildman–Crippen LogP) is 4.24. The van der Waals surface area contributed by atoms with Crippen LogP contribution >= 0.6 is 22.9 Å². The van der Waals surface area contributed by atoms with Gasteiger partial charge in [0.2, 0.25) is 0 Å². The number of hydrogen-bond donors (Lipinski definition) is 1. The molecule has 0 aliphatic carbocycles. The molecule has 2 aromatic rings. The number of nitrogens with zero attached hydrogens (tertiary/aromatic N) is 1. The van der Waals surface area contributed by atoms with Crippen LogP contribution in [0.3, 0.4) is 0 Å². The SMILES string of the molecule is O=C(O)c1sc(Cc2ccc(F)cc2Cl)nc1C(F)(F)F. The highest BCUT2D eigenvalue weighted by atomic mass is 35.5. The molecule has 9 heteroatoms. The summed E-state index contributed by atoms with van der Waals surface area (Å²) in [7, 11) is 0.